The summed E-state index contributed by atoms with van der Waals surface area (Å²) in [5.74, 6) is 0.0442. The Bertz CT molecular complexity index is 787. The zero-order valence-corrected chi connectivity index (χ0v) is 15.1. The van der Waals surface area contributed by atoms with Gasteiger partial charge in [-0.3, -0.25) is 9.48 Å². The van der Waals surface area contributed by atoms with Gasteiger partial charge in [0, 0.05) is 44.0 Å². The molecule has 2 fully saturated rings. The molecular weight excluding hydrogens is 316 g/mol. The van der Waals surface area contributed by atoms with Crippen LogP contribution < -0.4 is 0 Å². The Morgan fingerprint density at radius 2 is 2.04 bits per heavy atom. The standard InChI is InChI=1S/C19H26N4O2/c1-21-10-11-25-14-19(12-21)8-5-9-23(13-19)18(24)17-15-6-3-4-7-16(15)22(2)20-17/h3-4,6-7H,5,8-14H2,1-2H3. The Morgan fingerprint density at radius 3 is 2.92 bits per heavy atom. The molecule has 0 aliphatic carbocycles. The van der Waals surface area contributed by atoms with Crippen LogP contribution in [0.25, 0.3) is 10.9 Å². The lowest BCUT2D eigenvalue weighted by Crippen LogP contribution is -2.51. The average Bonchev–Trinajstić information content (AvgIpc) is 2.85. The molecule has 0 saturated carbocycles. The molecule has 134 valence electrons. The number of likely N-dealkylation sites (N-methyl/N-ethyl adjacent to an activating group) is 1. The van der Waals surface area contributed by atoms with E-state index in [-0.39, 0.29) is 11.3 Å². The van der Waals surface area contributed by atoms with E-state index in [1.54, 1.807) is 4.68 Å². The third-order valence-corrected chi connectivity index (χ3v) is 5.54. The van der Waals surface area contributed by atoms with Crippen molar-refractivity contribution in [1.82, 2.24) is 19.6 Å². The zero-order chi connectivity index (χ0) is 17.4. The van der Waals surface area contributed by atoms with Crippen molar-refractivity contribution in [2.24, 2.45) is 12.5 Å². The molecule has 2 saturated heterocycles. The van der Waals surface area contributed by atoms with Crippen molar-refractivity contribution < 1.29 is 9.53 Å². The van der Waals surface area contributed by atoms with Gasteiger partial charge in [-0.15, -0.1) is 0 Å². The summed E-state index contributed by atoms with van der Waals surface area (Å²) >= 11 is 0. The fourth-order valence-electron chi connectivity index (χ4n) is 4.36. The number of benzene rings is 1. The van der Waals surface area contributed by atoms with Crippen molar-refractivity contribution in [2.75, 3.05) is 46.4 Å². The molecule has 0 bridgehead atoms. The maximum atomic E-state index is 13.2. The van der Waals surface area contributed by atoms with Crippen LogP contribution in [0.2, 0.25) is 0 Å². The molecule has 6 nitrogen and oxygen atoms in total. The number of hydrogen-bond acceptors (Lipinski definition) is 4. The monoisotopic (exact) mass is 342 g/mol. The molecular formula is C19H26N4O2. The topological polar surface area (TPSA) is 50.6 Å². The molecule has 0 N–H and O–H groups in total. The number of fused-ring (bicyclic) bond motifs is 1. The van der Waals surface area contributed by atoms with Crippen molar-refractivity contribution in [1.29, 1.82) is 0 Å². The van der Waals surface area contributed by atoms with E-state index in [0.29, 0.717) is 5.69 Å². The van der Waals surface area contributed by atoms with E-state index in [2.05, 4.69) is 17.0 Å². The summed E-state index contributed by atoms with van der Waals surface area (Å²) in [5.41, 5.74) is 1.61. The molecule has 2 aliphatic heterocycles. The van der Waals surface area contributed by atoms with Crippen molar-refractivity contribution in [3.05, 3.63) is 30.0 Å². The van der Waals surface area contributed by atoms with Crippen molar-refractivity contribution in [3.63, 3.8) is 0 Å². The van der Waals surface area contributed by atoms with E-state index in [9.17, 15) is 4.79 Å². The van der Waals surface area contributed by atoms with Crippen molar-refractivity contribution >= 4 is 16.8 Å². The van der Waals surface area contributed by atoms with Crippen LogP contribution in [0.5, 0.6) is 0 Å². The Balaban J connectivity index is 1.61. The second kappa shape index (κ2) is 6.42. The summed E-state index contributed by atoms with van der Waals surface area (Å²) in [6.07, 6.45) is 2.14. The van der Waals surface area contributed by atoms with Gasteiger partial charge in [-0.2, -0.15) is 5.10 Å². The molecule has 1 aromatic carbocycles. The number of aryl methyl sites for hydroxylation is 1. The molecule has 6 heteroatoms. The lowest BCUT2D eigenvalue weighted by Gasteiger charge is -2.43. The smallest absolute Gasteiger partial charge is 0.275 e. The number of likely N-dealkylation sites (tertiary alicyclic amines) is 1. The molecule has 25 heavy (non-hydrogen) atoms. The van der Waals surface area contributed by atoms with Gasteiger partial charge in [0.05, 0.1) is 18.7 Å². The van der Waals surface area contributed by atoms with Crippen molar-refractivity contribution in [2.45, 2.75) is 12.8 Å². The number of hydrogen-bond donors (Lipinski definition) is 0. The highest BCUT2D eigenvalue weighted by atomic mass is 16.5. The minimum Gasteiger partial charge on any atom is -0.379 e. The predicted octanol–water partition coefficient (Wildman–Crippen LogP) is 1.76. The molecule has 1 atom stereocenters. The fourth-order valence-corrected chi connectivity index (χ4v) is 4.36. The second-order valence-electron chi connectivity index (χ2n) is 7.61. The molecule has 3 heterocycles. The summed E-state index contributed by atoms with van der Waals surface area (Å²) in [7, 11) is 4.04. The highest BCUT2D eigenvalue weighted by Crippen LogP contribution is 2.33. The molecule has 1 amide bonds. The normalized spacial score (nSPS) is 25.4. The first-order valence-corrected chi connectivity index (χ1v) is 9.05. The highest BCUT2D eigenvalue weighted by molar-refractivity contribution is 6.04. The van der Waals surface area contributed by atoms with Gasteiger partial charge in [-0.05, 0) is 26.0 Å². The van der Waals surface area contributed by atoms with Crippen LogP contribution in [0.1, 0.15) is 23.3 Å². The van der Waals surface area contributed by atoms with E-state index in [0.717, 1.165) is 63.1 Å². The third-order valence-electron chi connectivity index (χ3n) is 5.54. The Hall–Kier alpha value is -1.92. The number of piperidine rings is 1. The first-order valence-electron chi connectivity index (χ1n) is 9.05. The van der Waals surface area contributed by atoms with Gasteiger partial charge in [0.25, 0.3) is 5.91 Å². The van der Waals surface area contributed by atoms with Gasteiger partial charge < -0.3 is 14.5 Å². The van der Waals surface area contributed by atoms with Crippen LogP contribution in [0, 0.1) is 5.41 Å². The van der Waals surface area contributed by atoms with Gasteiger partial charge in [0.15, 0.2) is 5.69 Å². The second-order valence-corrected chi connectivity index (χ2v) is 7.61. The van der Waals surface area contributed by atoms with Crippen LogP contribution in [0.4, 0.5) is 0 Å². The van der Waals surface area contributed by atoms with Crippen LogP contribution in [0.3, 0.4) is 0 Å². The number of para-hydroxylation sites is 1. The molecule has 2 aliphatic rings. The molecule has 2 aromatic rings. The number of ether oxygens (including phenoxy) is 1. The summed E-state index contributed by atoms with van der Waals surface area (Å²) in [6, 6.07) is 7.93. The number of nitrogens with zero attached hydrogens (tertiary/aromatic N) is 4. The van der Waals surface area contributed by atoms with Crippen LogP contribution in [-0.4, -0.2) is 71.9 Å². The van der Waals surface area contributed by atoms with Crippen LogP contribution in [-0.2, 0) is 11.8 Å². The lowest BCUT2D eigenvalue weighted by molar-refractivity contribution is 0.00842. The van der Waals surface area contributed by atoms with Gasteiger partial charge in [0.1, 0.15) is 0 Å². The quantitative estimate of drug-likeness (QED) is 0.792. The van der Waals surface area contributed by atoms with E-state index in [4.69, 9.17) is 4.74 Å². The molecule has 1 spiro atoms. The summed E-state index contributed by atoms with van der Waals surface area (Å²) < 4.78 is 7.66. The fraction of sp³-hybridized carbons (Fsp3) is 0.579. The molecule has 1 unspecified atom stereocenters. The Morgan fingerprint density at radius 1 is 1.20 bits per heavy atom. The first kappa shape index (κ1) is 16.5. The molecule has 0 radical (unpaired) electrons. The van der Waals surface area contributed by atoms with Gasteiger partial charge in [0.2, 0.25) is 0 Å². The minimum atomic E-state index is 0.0442. The van der Waals surface area contributed by atoms with E-state index in [1.807, 2.05) is 36.2 Å². The average molecular weight is 342 g/mol. The summed E-state index contributed by atoms with van der Waals surface area (Å²) in [4.78, 5) is 17.5. The summed E-state index contributed by atoms with van der Waals surface area (Å²) in [5, 5.41) is 5.45. The van der Waals surface area contributed by atoms with E-state index in [1.165, 1.54) is 0 Å². The number of rotatable bonds is 1. The zero-order valence-electron chi connectivity index (χ0n) is 15.1. The maximum Gasteiger partial charge on any atom is 0.275 e. The van der Waals surface area contributed by atoms with E-state index < -0.39 is 0 Å². The number of amides is 1. The Labute approximate surface area is 148 Å². The van der Waals surface area contributed by atoms with Crippen LogP contribution in [0.15, 0.2) is 24.3 Å². The molecule has 1 aromatic heterocycles. The van der Waals surface area contributed by atoms with E-state index >= 15 is 0 Å². The highest BCUT2D eigenvalue weighted by Gasteiger charge is 2.40. The van der Waals surface area contributed by atoms with Gasteiger partial charge in [-0.1, -0.05) is 18.2 Å². The molecule has 4 rings (SSSR count). The van der Waals surface area contributed by atoms with Gasteiger partial charge >= 0.3 is 0 Å². The maximum absolute atomic E-state index is 13.2. The number of carbonyl (C=O) groups is 1. The first-order chi connectivity index (χ1) is 12.1. The number of aromatic nitrogens is 2. The van der Waals surface area contributed by atoms with Gasteiger partial charge in [-0.25, -0.2) is 0 Å². The Kier molecular flexibility index (Phi) is 4.25. The number of carbonyl (C=O) groups excluding carboxylic acids is 1. The predicted molar refractivity (Wildman–Crippen MR) is 96.6 cm³/mol. The minimum absolute atomic E-state index is 0.0442. The largest absolute Gasteiger partial charge is 0.379 e. The third kappa shape index (κ3) is 3.04. The SMILES string of the molecule is CN1CCOCC2(CCCN(C(=O)c3nn(C)c4ccccc34)C2)C1. The lowest BCUT2D eigenvalue weighted by atomic mass is 9.80. The van der Waals surface area contributed by atoms with Crippen LogP contribution >= 0.6 is 0 Å². The summed E-state index contributed by atoms with van der Waals surface area (Å²) in [6.45, 7) is 5.01. The van der Waals surface area contributed by atoms with Crippen molar-refractivity contribution in [3.8, 4) is 0 Å².